The second-order valence-corrected chi connectivity index (χ2v) is 8.29. The Morgan fingerprint density at radius 3 is 2.72 bits per heavy atom. The molecule has 1 amide bonds. The van der Waals surface area contributed by atoms with Gasteiger partial charge in [0.2, 0.25) is 5.91 Å². The van der Waals surface area contributed by atoms with E-state index in [1.807, 2.05) is 6.20 Å². The Hall–Kier alpha value is -1.63. The lowest BCUT2D eigenvalue weighted by Crippen LogP contribution is -2.45. The molecule has 6 nitrogen and oxygen atoms in total. The Morgan fingerprint density at radius 2 is 2.12 bits per heavy atom. The first-order chi connectivity index (χ1) is 12.0. The molecule has 1 aromatic rings. The van der Waals surface area contributed by atoms with Gasteiger partial charge < -0.3 is 15.5 Å². The highest BCUT2D eigenvalue weighted by Gasteiger charge is 2.16. The number of likely N-dealkylation sites (N-methyl/N-ethyl adjacent to an activating group) is 1. The van der Waals surface area contributed by atoms with Crippen LogP contribution < -0.4 is 10.6 Å². The molecule has 0 saturated heterocycles. The summed E-state index contributed by atoms with van der Waals surface area (Å²) in [6.45, 7) is 5.15. The fourth-order valence-electron chi connectivity index (χ4n) is 2.82. The maximum atomic E-state index is 11.9. The molecule has 2 rings (SSSR count). The van der Waals surface area contributed by atoms with Crippen molar-refractivity contribution in [1.82, 2.24) is 20.5 Å². The zero-order valence-corrected chi connectivity index (χ0v) is 16.7. The third kappa shape index (κ3) is 6.65. The fourth-order valence-corrected chi connectivity index (χ4v) is 3.64. The first kappa shape index (κ1) is 19.7. The van der Waals surface area contributed by atoms with E-state index in [1.54, 1.807) is 30.3 Å². The summed E-state index contributed by atoms with van der Waals surface area (Å²) in [5.74, 6) is 1.05. The summed E-state index contributed by atoms with van der Waals surface area (Å²) in [7, 11) is 3.51. The third-order valence-corrected chi connectivity index (χ3v) is 5.60. The first-order valence-corrected chi connectivity index (χ1v) is 9.94. The number of amides is 1. The number of hydrogen-bond donors (Lipinski definition) is 2. The fraction of sp³-hybridized carbons (Fsp3) is 0.722. The molecule has 1 saturated carbocycles. The minimum atomic E-state index is 0.00772. The molecule has 1 aliphatic rings. The van der Waals surface area contributed by atoms with E-state index < -0.39 is 0 Å². The van der Waals surface area contributed by atoms with E-state index in [4.69, 9.17) is 0 Å². The summed E-state index contributed by atoms with van der Waals surface area (Å²) in [6, 6.07) is 0.451. The molecular weight excluding hydrogens is 334 g/mol. The van der Waals surface area contributed by atoms with E-state index in [2.05, 4.69) is 34.5 Å². The van der Waals surface area contributed by atoms with Gasteiger partial charge in [-0.1, -0.05) is 26.2 Å². The summed E-state index contributed by atoms with van der Waals surface area (Å²) < 4.78 is 0. The normalized spacial score (nSPS) is 17.2. The molecule has 2 N–H and O–H groups in total. The molecule has 25 heavy (non-hydrogen) atoms. The Morgan fingerprint density at radius 1 is 1.40 bits per heavy atom. The van der Waals surface area contributed by atoms with Crippen LogP contribution in [0.4, 0.5) is 0 Å². The number of carbonyl (C=O) groups is 1. The zero-order chi connectivity index (χ0) is 18.2. The van der Waals surface area contributed by atoms with Gasteiger partial charge >= 0.3 is 0 Å². The predicted molar refractivity (Wildman–Crippen MR) is 104 cm³/mol. The lowest BCUT2D eigenvalue weighted by Gasteiger charge is -2.25. The Labute approximate surface area is 155 Å². The van der Waals surface area contributed by atoms with E-state index in [0.29, 0.717) is 12.0 Å². The lowest BCUT2D eigenvalue weighted by molar-refractivity contribution is -0.127. The third-order valence-electron chi connectivity index (χ3n) is 4.45. The van der Waals surface area contributed by atoms with Crippen LogP contribution in [0.3, 0.4) is 0 Å². The molecule has 1 fully saturated rings. The van der Waals surface area contributed by atoms with Gasteiger partial charge in [-0.3, -0.25) is 4.79 Å². The van der Waals surface area contributed by atoms with Crippen molar-refractivity contribution in [3.8, 4) is 0 Å². The molecule has 0 spiro atoms. The molecule has 1 aliphatic carbocycles. The molecule has 1 atom stereocenters. The van der Waals surface area contributed by atoms with Gasteiger partial charge in [-0.25, -0.2) is 9.98 Å². The van der Waals surface area contributed by atoms with Crippen LogP contribution >= 0.6 is 11.3 Å². The van der Waals surface area contributed by atoms with Crippen LogP contribution in [-0.2, 0) is 4.79 Å². The Kier molecular flexibility index (Phi) is 7.68. The second-order valence-electron chi connectivity index (χ2n) is 7.02. The first-order valence-electron chi connectivity index (χ1n) is 9.13. The van der Waals surface area contributed by atoms with Crippen molar-refractivity contribution in [2.24, 2.45) is 4.99 Å². The van der Waals surface area contributed by atoms with Gasteiger partial charge in [0.15, 0.2) is 5.96 Å². The van der Waals surface area contributed by atoms with Crippen molar-refractivity contribution in [3.63, 3.8) is 0 Å². The number of guanidine groups is 1. The number of rotatable bonds is 6. The maximum Gasteiger partial charge on any atom is 0.243 e. The van der Waals surface area contributed by atoms with Crippen LogP contribution in [0.1, 0.15) is 54.8 Å². The molecular formula is C18H31N5OS. The van der Waals surface area contributed by atoms with Crippen molar-refractivity contribution in [3.05, 3.63) is 16.1 Å². The van der Waals surface area contributed by atoms with Crippen LogP contribution in [0.15, 0.2) is 11.2 Å². The highest BCUT2D eigenvalue weighted by Crippen LogP contribution is 2.20. The standard InChI is InChI=1S/C18H31N5OS/c1-13(17-19-11-14(2)25-17)10-20-18(21-12-16(24)23(3)4)22-15-8-6-5-7-9-15/h11,13,15H,5-10,12H2,1-4H3,(H2,20,21,22). The number of thiazole rings is 1. The minimum Gasteiger partial charge on any atom is -0.356 e. The highest BCUT2D eigenvalue weighted by atomic mass is 32.1. The lowest BCUT2D eigenvalue weighted by atomic mass is 9.96. The van der Waals surface area contributed by atoms with E-state index in [9.17, 15) is 4.79 Å². The molecule has 0 radical (unpaired) electrons. The number of nitrogens with one attached hydrogen (secondary N) is 2. The molecule has 0 aliphatic heterocycles. The molecule has 0 aromatic carbocycles. The number of nitrogens with zero attached hydrogens (tertiary/aromatic N) is 3. The number of aryl methyl sites for hydroxylation is 1. The summed E-state index contributed by atoms with van der Waals surface area (Å²) in [4.78, 5) is 23.6. The van der Waals surface area contributed by atoms with E-state index in [1.165, 1.54) is 37.0 Å². The maximum absolute atomic E-state index is 11.9. The van der Waals surface area contributed by atoms with Gasteiger partial charge in [-0.15, -0.1) is 11.3 Å². The molecule has 140 valence electrons. The van der Waals surface area contributed by atoms with Gasteiger partial charge in [-0.05, 0) is 19.8 Å². The molecule has 1 heterocycles. The molecule has 1 aromatic heterocycles. The second kappa shape index (κ2) is 9.75. The smallest absolute Gasteiger partial charge is 0.243 e. The Bertz CT molecular complexity index is 578. The predicted octanol–water partition coefficient (Wildman–Crippen LogP) is 2.51. The Balaban J connectivity index is 1.94. The molecule has 7 heteroatoms. The minimum absolute atomic E-state index is 0.00772. The van der Waals surface area contributed by atoms with Crippen molar-refractivity contribution in [1.29, 1.82) is 0 Å². The van der Waals surface area contributed by atoms with Gasteiger partial charge in [0.25, 0.3) is 0 Å². The van der Waals surface area contributed by atoms with E-state index in [-0.39, 0.29) is 12.5 Å². The highest BCUT2D eigenvalue weighted by molar-refractivity contribution is 7.11. The largest absolute Gasteiger partial charge is 0.356 e. The number of hydrogen-bond acceptors (Lipinski definition) is 4. The number of aromatic nitrogens is 1. The van der Waals surface area contributed by atoms with Crippen LogP contribution in [0.2, 0.25) is 0 Å². The van der Waals surface area contributed by atoms with Gasteiger partial charge in [0.1, 0.15) is 6.54 Å². The van der Waals surface area contributed by atoms with Gasteiger partial charge in [-0.2, -0.15) is 0 Å². The van der Waals surface area contributed by atoms with Crippen LogP contribution in [0, 0.1) is 6.92 Å². The quantitative estimate of drug-likeness (QED) is 0.600. The van der Waals surface area contributed by atoms with Gasteiger partial charge in [0.05, 0.1) is 5.01 Å². The SMILES string of the molecule is Cc1cnc(C(C)CNC(=NCC(=O)N(C)C)NC2CCCCC2)s1. The van der Waals surface area contributed by atoms with Crippen molar-refractivity contribution >= 4 is 23.2 Å². The van der Waals surface area contributed by atoms with Crippen LogP contribution in [-0.4, -0.2) is 55.0 Å². The van der Waals surface area contributed by atoms with E-state index >= 15 is 0 Å². The molecule has 0 bridgehead atoms. The summed E-state index contributed by atoms with van der Waals surface area (Å²) in [5, 5.41) is 8.05. The van der Waals surface area contributed by atoms with Crippen molar-refractivity contribution in [2.45, 2.75) is 57.9 Å². The van der Waals surface area contributed by atoms with Crippen molar-refractivity contribution < 1.29 is 4.79 Å². The number of carbonyl (C=O) groups excluding carboxylic acids is 1. The van der Waals surface area contributed by atoms with Crippen molar-refractivity contribution in [2.75, 3.05) is 27.2 Å². The topological polar surface area (TPSA) is 69.6 Å². The number of aliphatic imine (C=N–C) groups is 1. The summed E-state index contributed by atoms with van der Waals surface area (Å²) in [6.07, 6.45) is 8.10. The molecule has 1 unspecified atom stereocenters. The zero-order valence-electron chi connectivity index (χ0n) is 15.8. The van der Waals surface area contributed by atoms with E-state index in [0.717, 1.165) is 17.5 Å². The average molecular weight is 366 g/mol. The van der Waals surface area contributed by atoms with Crippen LogP contribution in [0.25, 0.3) is 0 Å². The monoisotopic (exact) mass is 365 g/mol. The van der Waals surface area contributed by atoms with Gasteiger partial charge in [0, 0.05) is 43.7 Å². The average Bonchev–Trinajstić information content (AvgIpc) is 3.04. The summed E-state index contributed by atoms with van der Waals surface area (Å²) in [5.41, 5.74) is 0. The summed E-state index contributed by atoms with van der Waals surface area (Å²) >= 11 is 1.73. The van der Waals surface area contributed by atoms with Crippen LogP contribution in [0.5, 0.6) is 0 Å².